The molecule has 2 heteroatoms. The Balaban J connectivity index is 0. The van der Waals surface area contributed by atoms with E-state index >= 15 is 0 Å². The van der Waals surface area contributed by atoms with E-state index in [1.807, 2.05) is 0 Å². The molecule has 0 unspecified atom stereocenters. The summed E-state index contributed by atoms with van der Waals surface area (Å²) in [6.45, 7) is 4.73. The van der Waals surface area contributed by atoms with Crippen LogP contribution in [0.25, 0.3) is 0 Å². The van der Waals surface area contributed by atoms with Crippen LogP contribution in [0.1, 0.15) is 0 Å². The molecular formula is C3H5NY-2. The average molecular weight is 144 g/mol. The van der Waals surface area contributed by atoms with Crippen molar-refractivity contribution in [2.24, 2.45) is 0 Å². The molecule has 0 aromatic carbocycles. The Bertz CT molecular complexity index is 20.9. The van der Waals surface area contributed by atoms with Gasteiger partial charge in [0, 0.05) is 32.7 Å². The van der Waals surface area contributed by atoms with Crippen LogP contribution in [0.3, 0.4) is 0 Å². The molecular weight excluding hydrogens is 139 g/mol. The molecule has 0 atom stereocenters. The molecule has 0 aromatic heterocycles. The molecule has 0 aliphatic carbocycles. The van der Waals surface area contributed by atoms with Crippen molar-refractivity contribution in [2.75, 3.05) is 0 Å². The van der Waals surface area contributed by atoms with Crippen molar-refractivity contribution < 1.29 is 32.7 Å². The largest absolute Gasteiger partial charge is 0.573 e. The van der Waals surface area contributed by atoms with Gasteiger partial charge in [-0.05, 0) is 0 Å². The molecule has 0 aliphatic rings. The van der Waals surface area contributed by atoms with Gasteiger partial charge in [0.2, 0.25) is 0 Å². The first-order valence-corrected chi connectivity index (χ1v) is 0.976. The van der Waals surface area contributed by atoms with Gasteiger partial charge in [-0.3, -0.25) is 7.05 Å². The molecule has 1 radical (unpaired) electrons. The first-order chi connectivity index (χ1) is 1.91. The van der Waals surface area contributed by atoms with E-state index in [0.29, 0.717) is 0 Å². The fourth-order valence-electron chi connectivity index (χ4n) is 0. The van der Waals surface area contributed by atoms with Gasteiger partial charge in [-0.1, -0.05) is 0 Å². The van der Waals surface area contributed by atoms with Crippen LogP contribution in [0.15, 0.2) is 6.20 Å². The third-order valence-corrected chi connectivity index (χ3v) is 0.118. The van der Waals surface area contributed by atoms with Gasteiger partial charge in [0.05, 0.1) is 0 Å². The SMILES string of the molecule is [CH-]=CN[CH2-].[Y]. The van der Waals surface area contributed by atoms with Crippen molar-refractivity contribution in [1.82, 2.24) is 5.32 Å². The summed E-state index contributed by atoms with van der Waals surface area (Å²) in [7, 11) is 3.17. The monoisotopic (exact) mass is 144 g/mol. The maximum atomic E-state index is 4.73. The predicted octanol–water partition coefficient (Wildman–Crippen LogP) is 0.312. The zero-order valence-electron chi connectivity index (χ0n) is 2.94. The number of hydrogen-bond donors (Lipinski definition) is 1. The van der Waals surface area contributed by atoms with Crippen molar-refractivity contribution in [1.29, 1.82) is 0 Å². The number of nitrogens with one attached hydrogen (secondary N) is 1. The van der Waals surface area contributed by atoms with Crippen LogP contribution >= 0.6 is 0 Å². The molecule has 1 nitrogen and oxygen atoms in total. The molecule has 5 heavy (non-hydrogen) atoms. The molecule has 0 aromatic rings. The van der Waals surface area contributed by atoms with Gasteiger partial charge in [0.1, 0.15) is 0 Å². The summed E-state index contributed by atoms with van der Waals surface area (Å²) in [6.07, 6.45) is 1.26. The molecule has 0 saturated carbocycles. The molecule has 0 amide bonds. The molecule has 1 N–H and O–H groups in total. The fraction of sp³-hybridized carbons (Fsp3) is 0. The van der Waals surface area contributed by atoms with Crippen LogP contribution in [-0.2, 0) is 32.7 Å². The molecule has 0 heterocycles. The Morgan fingerprint density at radius 3 is 2.00 bits per heavy atom. The van der Waals surface area contributed by atoms with Gasteiger partial charge < -0.3 is 11.9 Å². The van der Waals surface area contributed by atoms with Crippen molar-refractivity contribution in [3.8, 4) is 0 Å². The van der Waals surface area contributed by atoms with Gasteiger partial charge in [0.25, 0.3) is 0 Å². The van der Waals surface area contributed by atoms with E-state index < -0.39 is 0 Å². The summed E-state index contributed by atoms with van der Waals surface area (Å²) in [5.41, 5.74) is 0. The summed E-state index contributed by atoms with van der Waals surface area (Å²) in [5.74, 6) is 0. The standard InChI is InChI=1S/C3H5N.Y/c1-3-4-2;/h1,3-4H,2H2;/q-2;. The Morgan fingerprint density at radius 2 is 2.00 bits per heavy atom. The molecule has 27 valence electrons. The third kappa shape index (κ3) is 12.0. The van der Waals surface area contributed by atoms with Crippen LogP contribution in [0.5, 0.6) is 0 Å². The van der Waals surface area contributed by atoms with E-state index in [1.54, 1.807) is 0 Å². The van der Waals surface area contributed by atoms with E-state index in [4.69, 9.17) is 6.58 Å². The third-order valence-electron chi connectivity index (χ3n) is 0.118. The van der Waals surface area contributed by atoms with Crippen LogP contribution in [0, 0.1) is 13.6 Å². The molecule has 0 bridgehead atoms. The minimum absolute atomic E-state index is 0. The van der Waals surface area contributed by atoms with E-state index in [1.165, 1.54) is 6.20 Å². The Kier molecular flexibility index (Phi) is 16.2. The van der Waals surface area contributed by atoms with Gasteiger partial charge in [-0.25, -0.2) is 6.20 Å². The van der Waals surface area contributed by atoms with E-state index in [-0.39, 0.29) is 32.7 Å². The van der Waals surface area contributed by atoms with Gasteiger partial charge in [-0.2, -0.15) is 0 Å². The molecule has 0 spiro atoms. The zero-order valence-corrected chi connectivity index (χ0v) is 5.78. The minimum atomic E-state index is 0. The summed E-state index contributed by atoms with van der Waals surface area (Å²) >= 11 is 0. The summed E-state index contributed by atoms with van der Waals surface area (Å²) in [5, 5.41) is 2.33. The maximum Gasteiger partial charge on any atom is 0 e. The number of rotatable bonds is 1. The number of hydrogen-bond acceptors (Lipinski definition) is 1. The van der Waals surface area contributed by atoms with Gasteiger partial charge in [-0.15, -0.1) is 0 Å². The first-order valence-electron chi connectivity index (χ1n) is 0.976. The second-order valence-electron chi connectivity index (χ2n) is 0.371. The molecule has 0 aliphatic heterocycles. The van der Waals surface area contributed by atoms with Crippen LogP contribution in [0.4, 0.5) is 0 Å². The Labute approximate surface area is 57.7 Å². The summed E-state index contributed by atoms with van der Waals surface area (Å²) in [4.78, 5) is 0. The molecule has 0 saturated heterocycles. The Morgan fingerprint density at radius 1 is 1.80 bits per heavy atom. The van der Waals surface area contributed by atoms with E-state index in [2.05, 4.69) is 12.4 Å². The quantitative estimate of drug-likeness (QED) is 0.522. The normalized spacial score (nSPS) is 4.20. The van der Waals surface area contributed by atoms with Crippen molar-refractivity contribution >= 4 is 0 Å². The predicted molar refractivity (Wildman–Crippen MR) is 17.4 cm³/mol. The Hall–Kier alpha value is 0.644. The second kappa shape index (κ2) is 8.82. The van der Waals surface area contributed by atoms with Crippen LogP contribution < -0.4 is 5.32 Å². The second-order valence-corrected chi connectivity index (χ2v) is 0.371. The van der Waals surface area contributed by atoms with Gasteiger partial charge in [0.15, 0.2) is 0 Å². The first kappa shape index (κ1) is 9.17. The van der Waals surface area contributed by atoms with Gasteiger partial charge >= 0.3 is 0 Å². The smallest absolute Gasteiger partial charge is 0 e. The minimum Gasteiger partial charge on any atom is -0.573 e. The fourth-order valence-corrected chi connectivity index (χ4v) is 0. The van der Waals surface area contributed by atoms with Crippen molar-refractivity contribution in [3.63, 3.8) is 0 Å². The van der Waals surface area contributed by atoms with E-state index in [0.717, 1.165) is 0 Å². The van der Waals surface area contributed by atoms with Crippen LogP contribution in [-0.4, -0.2) is 0 Å². The topological polar surface area (TPSA) is 12.0 Å². The summed E-state index contributed by atoms with van der Waals surface area (Å²) in [6, 6.07) is 0. The maximum absolute atomic E-state index is 4.73. The summed E-state index contributed by atoms with van der Waals surface area (Å²) < 4.78 is 0. The average Bonchev–Trinajstić information content (AvgIpc) is 1.37. The van der Waals surface area contributed by atoms with E-state index in [9.17, 15) is 0 Å². The molecule has 0 rings (SSSR count). The van der Waals surface area contributed by atoms with Crippen molar-refractivity contribution in [3.05, 3.63) is 19.8 Å². The van der Waals surface area contributed by atoms with Crippen LogP contribution in [0.2, 0.25) is 0 Å². The van der Waals surface area contributed by atoms with Crippen molar-refractivity contribution in [2.45, 2.75) is 0 Å². The molecule has 0 fully saturated rings. The zero-order chi connectivity index (χ0) is 3.41.